The maximum atomic E-state index is 2.35. The fraction of sp³-hybridized carbons (Fsp3) is 0.133. The molecule has 0 radical (unpaired) electrons. The number of fused-ring (bicyclic) bond motifs is 1. The van der Waals surface area contributed by atoms with Gasteiger partial charge in [0.1, 0.15) is 0 Å². The lowest BCUT2D eigenvalue weighted by atomic mass is 9.87. The first-order valence-electron chi connectivity index (χ1n) is 10.5. The molecule has 0 aliphatic heterocycles. The summed E-state index contributed by atoms with van der Waals surface area (Å²) in [4.78, 5) is 0. The molecule has 0 saturated heterocycles. The molecule has 0 bridgehead atoms. The van der Waals surface area contributed by atoms with Gasteiger partial charge in [-0.1, -0.05) is 136 Å². The zero-order valence-electron chi connectivity index (χ0n) is 18.0. The van der Waals surface area contributed by atoms with Crippen LogP contribution in [-0.2, 0) is 5.41 Å². The van der Waals surface area contributed by atoms with E-state index in [1.54, 1.807) is 0 Å². The molecule has 30 heavy (non-hydrogen) atoms. The molecule has 0 nitrogen and oxygen atoms in total. The van der Waals surface area contributed by atoms with Crippen LogP contribution in [0.5, 0.6) is 0 Å². The van der Waals surface area contributed by atoms with Crippen molar-refractivity contribution in [3.8, 4) is 11.1 Å². The highest BCUT2D eigenvalue weighted by atomic mass is 14.2. The molecule has 0 N–H and O–H groups in total. The van der Waals surface area contributed by atoms with Crippen LogP contribution < -0.4 is 0 Å². The van der Waals surface area contributed by atoms with Crippen molar-refractivity contribution in [3.63, 3.8) is 0 Å². The van der Waals surface area contributed by atoms with E-state index in [1.807, 2.05) is 0 Å². The monoisotopic (exact) mass is 388 g/mol. The predicted molar refractivity (Wildman–Crippen MR) is 133 cm³/mol. The third-order valence-electron chi connectivity index (χ3n) is 5.44. The highest BCUT2D eigenvalue weighted by Crippen LogP contribution is 2.36. The SMILES string of the molecule is CC(C)(C)c1cc(/C=C/c2ccccc2)c2cccc-2c(/C=C/c2ccccc2)c1. The molecular formula is C30H28. The summed E-state index contributed by atoms with van der Waals surface area (Å²) in [5.74, 6) is 0. The van der Waals surface area contributed by atoms with Crippen molar-refractivity contribution in [2.45, 2.75) is 26.2 Å². The summed E-state index contributed by atoms with van der Waals surface area (Å²) < 4.78 is 0. The van der Waals surface area contributed by atoms with Gasteiger partial charge in [0.25, 0.3) is 0 Å². The van der Waals surface area contributed by atoms with Gasteiger partial charge in [-0.25, -0.2) is 0 Å². The van der Waals surface area contributed by atoms with Crippen molar-refractivity contribution in [3.05, 3.63) is 119 Å². The summed E-state index contributed by atoms with van der Waals surface area (Å²) in [6.45, 7) is 6.84. The van der Waals surface area contributed by atoms with Crippen LogP contribution in [0.3, 0.4) is 0 Å². The molecule has 0 unspecified atom stereocenters. The molecule has 0 aromatic heterocycles. The topological polar surface area (TPSA) is 0 Å². The van der Waals surface area contributed by atoms with Gasteiger partial charge in [0.2, 0.25) is 0 Å². The van der Waals surface area contributed by atoms with E-state index >= 15 is 0 Å². The van der Waals surface area contributed by atoms with Gasteiger partial charge in [-0.2, -0.15) is 0 Å². The Morgan fingerprint density at radius 2 is 0.933 bits per heavy atom. The van der Waals surface area contributed by atoms with Crippen LogP contribution in [0.15, 0.2) is 91.0 Å². The quantitative estimate of drug-likeness (QED) is 0.329. The van der Waals surface area contributed by atoms with Crippen LogP contribution in [0.4, 0.5) is 0 Å². The summed E-state index contributed by atoms with van der Waals surface area (Å²) in [7, 11) is 0. The first-order chi connectivity index (χ1) is 14.5. The summed E-state index contributed by atoms with van der Waals surface area (Å²) in [6.07, 6.45) is 8.90. The van der Waals surface area contributed by atoms with E-state index in [0.29, 0.717) is 0 Å². The third kappa shape index (κ3) is 4.60. The Labute approximate surface area is 180 Å². The van der Waals surface area contributed by atoms with Crippen molar-refractivity contribution < 1.29 is 0 Å². The predicted octanol–water partition coefficient (Wildman–Crippen LogP) is 8.43. The maximum Gasteiger partial charge on any atom is -0.0105 e. The lowest BCUT2D eigenvalue weighted by molar-refractivity contribution is 0.591. The van der Waals surface area contributed by atoms with Crippen molar-refractivity contribution in [2.75, 3.05) is 0 Å². The molecule has 0 atom stereocenters. The van der Waals surface area contributed by atoms with Gasteiger partial charge in [-0.05, 0) is 44.4 Å². The summed E-state index contributed by atoms with van der Waals surface area (Å²) >= 11 is 0. The highest BCUT2D eigenvalue weighted by Gasteiger charge is 2.18. The standard InChI is InChI=1S/C30H28/c1-30(2,3)27-21-25(19-17-23-11-6-4-7-12-23)28-15-10-16-29(28)26(22-27)20-18-24-13-8-5-9-14-24/h4-22H,1-3H3/b19-17+,20-18+. The average molecular weight is 389 g/mol. The van der Waals surface area contributed by atoms with E-state index in [2.05, 4.69) is 136 Å². The van der Waals surface area contributed by atoms with E-state index in [1.165, 1.54) is 38.9 Å². The molecule has 0 saturated carbocycles. The fourth-order valence-electron chi connectivity index (χ4n) is 3.66. The Morgan fingerprint density at radius 1 is 0.500 bits per heavy atom. The number of benzene rings is 2. The second kappa shape index (κ2) is 8.55. The first-order valence-corrected chi connectivity index (χ1v) is 10.5. The van der Waals surface area contributed by atoms with Crippen molar-refractivity contribution in [2.24, 2.45) is 0 Å². The second-order valence-electron chi connectivity index (χ2n) is 8.75. The largest absolute Gasteiger partial charge is 0.0622 e. The van der Waals surface area contributed by atoms with Gasteiger partial charge in [0.15, 0.2) is 0 Å². The van der Waals surface area contributed by atoms with Gasteiger partial charge in [-0.3, -0.25) is 0 Å². The summed E-state index contributed by atoms with van der Waals surface area (Å²) in [5, 5.41) is 0. The Kier molecular flexibility index (Phi) is 5.68. The van der Waals surface area contributed by atoms with E-state index in [9.17, 15) is 0 Å². The first kappa shape index (κ1) is 19.9. The van der Waals surface area contributed by atoms with Crippen molar-refractivity contribution in [1.82, 2.24) is 0 Å². The molecule has 4 rings (SSSR count). The molecule has 0 heterocycles. The minimum absolute atomic E-state index is 0.0567. The van der Waals surface area contributed by atoms with E-state index < -0.39 is 0 Å². The fourth-order valence-corrected chi connectivity index (χ4v) is 3.66. The second-order valence-corrected chi connectivity index (χ2v) is 8.75. The molecule has 0 fully saturated rings. The van der Waals surface area contributed by atoms with E-state index in [4.69, 9.17) is 0 Å². The van der Waals surface area contributed by atoms with E-state index in [-0.39, 0.29) is 5.41 Å². The van der Waals surface area contributed by atoms with Crippen LogP contribution in [-0.4, -0.2) is 0 Å². The Bertz CT molecular complexity index is 1060. The van der Waals surface area contributed by atoms with Gasteiger partial charge < -0.3 is 0 Å². The van der Waals surface area contributed by atoms with Crippen molar-refractivity contribution in [1.29, 1.82) is 0 Å². The molecule has 2 aromatic rings. The van der Waals surface area contributed by atoms with Crippen LogP contribution in [0.1, 0.15) is 48.6 Å². The zero-order valence-corrected chi connectivity index (χ0v) is 18.0. The minimum Gasteiger partial charge on any atom is -0.0622 e. The summed E-state index contributed by atoms with van der Waals surface area (Å²) in [6, 6.07) is 32.3. The molecule has 2 aliphatic carbocycles. The Hall–Kier alpha value is -3.38. The number of hydrogen-bond donors (Lipinski definition) is 0. The van der Waals surface area contributed by atoms with Crippen LogP contribution in [0, 0.1) is 0 Å². The zero-order chi connectivity index (χ0) is 21.0. The van der Waals surface area contributed by atoms with Crippen LogP contribution in [0.2, 0.25) is 0 Å². The maximum absolute atomic E-state index is 2.35. The van der Waals surface area contributed by atoms with Crippen LogP contribution >= 0.6 is 0 Å². The van der Waals surface area contributed by atoms with Crippen LogP contribution in [0.25, 0.3) is 35.4 Å². The molecule has 0 amide bonds. The molecule has 0 heteroatoms. The highest BCUT2D eigenvalue weighted by molar-refractivity contribution is 5.88. The normalized spacial score (nSPS) is 12.2. The van der Waals surface area contributed by atoms with Gasteiger partial charge in [-0.15, -0.1) is 0 Å². The Morgan fingerprint density at radius 3 is 1.33 bits per heavy atom. The smallest absolute Gasteiger partial charge is 0.0105 e. The van der Waals surface area contributed by atoms with Gasteiger partial charge >= 0.3 is 0 Å². The van der Waals surface area contributed by atoms with E-state index in [0.717, 1.165) is 0 Å². The number of rotatable bonds is 4. The minimum atomic E-state index is 0.0567. The summed E-state index contributed by atoms with van der Waals surface area (Å²) in [5.41, 5.74) is 8.89. The molecule has 148 valence electrons. The lowest BCUT2D eigenvalue weighted by Gasteiger charge is -2.18. The van der Waals surface area contributed by atoms with Gasteiger partial charge in [0, 0.05) is 0 Å². The third-order valence-corrected chi connectivity index (χ3v) is 5.44. The molecular weight excluding hydrogens is 360 g/mol. The molecule has 2 aliphatic rings. The molecule has 2 aromatic carbocycles. The Balaban J connectivity index is 1.84. The van der Waals surface area contributed by atoms with Gasteiger partial charge in [0.05, 0.1) is 0 Å². The lowest BCUT2D eigenvalue weighted by Crippen LogP contribution is -2.10. The average Bonchev–Trinajstić information content (AvgIpc) is 3.17. The molecule has 0 spiro atoms. The number of hydrogen-bond acceptors (Lipinski definition) is 0. The van der Waals surface area contributed by atoms with Crippen molar-refractivity contribution >= 4 is 24.3 Å².